The lowest BCUT2D eigenvalue weighted by Gasteiger charge is -2.05. The zero-order valence-corrected chi connectivity index (χ0v) is 11.6. The van der Waals surface area contributed by atoms with E-state index < -0.39 is 10.1 Å². The Kier molecular flexibility index (Phi) is 4.26. The molecule has 2 rings (SSSR count). The zero-order valence-electron chi connectivity index (χ0n) is 9.94. The maximum Gasteiger partial charge on any atom is 0.264 e. The number of aromatic nitrogens is 2. The summed E-state index contributed by atoms with van der Waals surface area (Å²) < 4.78 is 28.2. The fraction of sp³-hybridized carbons (Fsp3) is 0.364. The van der Waals surface area contributed by atoms with E-state index in [1.807, 2.05) is 28.8 Å². The lowest BCUT2D eigenvalue weighted by molar-refractivity contribution is 0.323. The van der Waals surface area contributed by atoms with Crippen LogP contribution in [-0.4, -0.2) is 36.4 Å². The summed E-state index contributed by atoms with van der Waals surface area (Å²) in [7, 11) is -3.32. The molecule has 0 bridgehead atoms. The maximum atomic E-state index is 10.8. The molecule has 0 saturated carbocycles. The minimum absolute atomic E-state index is 0.228. The van der Waals surface area contributed by atoms with Gasteiger partial charge < -0.3 is 0 Å². The number of hydrogen-bond donors (Lipinski definition) is 0. The van der Waals surface area contributed by atoms with Crippen LogP contribution < -0.4 is 0 Å². The van der Waals surface area contributed by atoms with E-state index in [1.54, 1.807) is 18.0 Å². The van der Waals surface area contributed by atoms with Crippen LogP contribution in [0.15, 0.2) is 35.6 Å². The molecule has 5 nitrogen and oxygen atoms in total. The van der Waals surface area contributed by atoms with E-state index in [2.05, 4.69) is 9.17 Å². The third-order valence-corrected chi connectivity index (χ3v) is 3.94. The Morgan fingerprint density at radius 2 is 2.28 bits per heavy atom. The van der Waals surface area contributed by atoms with Gasteiger partial charge in [-0.15, -0.1) is 11.8 Å². The summed E-state index contributed by atoms with van der Waals surface area (Å²) in [5.41, 5.74) is 0.910. The molecule has 18 heavy (non-hydrogen) atoms. The van der Waals surface area contributed by atoms with E-state index in [4.69, 9.17) is 0 Å². The predicted molar refractivity (Wildman–Crippen MR) is 71.3 cm³/mol. The van der Waals surface area contributed by atoms with Gasteiger partial charge in [-0.2, -0.15) is 8.42 Å². The monoisotopic (exact) mass is 286 g/mol. The molecule has 0 aliphatic heterocycles. The molecule has 0 radical (unpaired) electrons. The van der Waals surface area contributed by atoms with Crippen molar-refractivity contribution in [1.82, 2.24) is 9.38 Å². The summed E-state index contributed by atoms with van der Waals surface area (Å²) in [6.45, 7) is 0.228. The molecule has 0 fully saturated rings. The highest BCUT2D eigenvalue weighted by Gasteiger charge is 2.03. The minimum Gasteiger partial charge on any atom is -0.294 e. The van der Waals surface area contributed by atoms with Crippen LogP contribution in [0.2, 0.25) is 0 Å². The highest BCUT2D eigenvalue weighted by molar-refractivity contribution is 7.99. The molecule has 0 unspecified atom stereocenters. The van der Waals surface area contributed by atoms with Crippen molar-refractivity contribution in [2.45, 2.75) is 11.4 Å². The van der Waals surface area contributed by atoms with Gasteiger partial charge in [-0.05, 0) is 18.6 Å². The first-order chi connectivity index (χ1) is 8.56. The van der Waals surface area contributed by atoms with Gasteiger partial charge in [0.1, 0.15) is 5.65 Å². The highest BCUT2D eigenvalue weighted by Crippen LogP contribution is 2.19. The zero-order chi connectivity index (χ0) is 13.0. The molecule has 0 aromatic carbocycles. The summed E-state index contributed by atoms with van der Waals surface area (Å²) in [5, 5.41) is 1.09. The Balaban J connectivity index is 1.85. The Morgan fingerprint density at radius 3 is 3.06 bits per heavy atom. The van der Waals surface area contributed by atoms with Gasteiger partial charge >= 0.3 is 0 Å². The van der Waals surface area contributed by atoms with Gasteiger partial charge in [0.2, 0.25) is 0 Å². The fourth-order valence-electron chi connectivity index (χ4n) is 1.49. The second-order valence-corrected chi connectivity index (χ2v) is 6.51. The Morgan fingerprint density at radius 1 is 1.44 bits per heavy atom. The highest BCUT2D eigenvalue weighted by atomic mass is 32.2. The van der Waals surface area contributed by atoms with Gasteiger partial charge in [-0.1, -0.05) is 6.07 Å². The van der Waals surface area contributed by atoms with Crippen molar-refractivity contribution in [1.29, 1.82) is 0 Å². The minimum atomic E-state index is -3.32. The van der Waals surface area contributed by atoms with Crippen molar-refractivity contribution >= 4 is 27.5 Å². The summed E-state index contributed by atoms with van der Waals surface area (Å²) in [6, 6.07) is 5.91. The van der Waals surface area contributed by atoms with Gasteiger partial charge in [0.05, 0.1) is 17.9 Å². The van der Waals surface area contributed by atoms with Crippen LogP contribution in [-0.2, 0) is 14.3 Å². The molecule has 0 atom stereocenters. The van der Waals surface area contributed by atoms with Crippen LogP contribution in [0.1, 0.15) is 6.42 Å². The van der Waals surface area contributed by atoms with Crippen LogP contribution in [0.25, 0.3) is 5.65 Å². The molecule has 7 heteroatoms. The lowest BCUT2D eigenvalue weighted by Crippen LogP contribution is -2.04. The van der Waals surface area contributed by atoms with Crippen molar-refractivity contribution in [2.24, 2.45) is 0 Å². The smallest absolute Gasteiger partial charge is 0.264 e. The van der Waals surface area contributed by atoms with Gasteiger partial charge in [0.15, 0.2) is 0 Å². The molecule has 0 N–H and O–H groups in total. The van der Waals surface area contributed by atoms with E-state index in [-0.39, 0.29) is 6.61 Å². The second kappa shape index (κ2) is 5.73. The normalized spacial score (nSPS) is 12.1. The molecular weight excluding hydrogens is 272 g/mol. The first-order valence-corrected chi connectivity index (χ1v) is 8.26. The van der Waals surface area contributed by atoms with E-state index in [9.17, 15) is 8.42 Å². The Labute approximate surface area is 110 Å². The average molecular weight is 286 g/mol. The first-order valence-electron chi connectivity index (χ1n) is 5.45. The molecule has 0 saturated heterocycles. The summed E-state index contributed by atoms with van der Waals surface area (Å²) in [4.78, 5) is 4.20. The number of rotatable bonds is 6. The topological polar surface area (TPSA) is 60.7 Å². The molecular formula is C11H14N2O3S2. The van der Waals surface area contributed by atoms with Crippen LogP contribution in [0, 0.1) is 0 Å². The van der Waals surface area contributed by atoms with E-state index in [0.29, 0.717) is 6.42 Å². The van der Waals surface area contributed by atoms with Crippen molar-refractivity contribution in [3.8, 4) is 0 Å². The number of pyridine rings is 1. The molecule has 98 valence electrons. The van der Waals surface area contributed by atoms with E-state index >= 15 is 0 Å². The van der Waals surface area contributed by atoms with Crippen molar-refractivity contribution in [3.05, 3.63) is 30.6 Å². The standard InChI is InChI=1S/C11H14N2O3S2/c1-18(14,15)16-8-3-9-17-11-5-2-4-10-12-6-7-13(10)11/h2,4-7H,3,8-9H2,1H3. The van der Waals surface area contributed by atoms with Crippen molar-refractivity contribution < 1.29 is 12.6 Å². The molecule has 2 aromatic rings. The van der Waals surface area contributed by atoms with E-state index in [0.717, 1.165) is 22.7 Å². The predicted octanol–water partition coefficient (Wildman–Crippen LogP) is 1.79. The van der Waals surface area contributed by atoms with Gasteiger partial charge in [-0.25, -0.2) is 4.98 Å². The van der Waals surface area contributed by atoms with Crippen molar-refractivity contribution in [2.75, 3.05) is 18.6 Å². The van der Waals surface area contributed by atoms with Gasteiger partial charge in [-0.3, -0.25) is 8.58 Å². The molecule has 2 heterocycles. The van der Waals surface area contributed by atoms with Crippen LogP contribution in [0.5, 0.6) is 0 Å². The number of imidazole rings is 1. The summed E-state index contributed by atoms with van der Waals surface area (Å²) in [5.74, 6) is 0.798. The molecule has 2 aromatic heterocycles. The number of hydrogen-bond acceptors (Lipinski definition) is 5. The Hall–Kier alpha value is -1.05. The summed E-state index contributed by atoms with van der Waals surface area (Å²) in [6.07, 6.45) is 5.41. The molecule has 0 aliphatic rings. The van der Waals surface area contributed by atoms with Crippen LogP contribution in [0.4, 0.5) is 0 Å². The third kappa shape index (κ3) is 3.72. The second-order valence-electron chi connectivity index (χ2n) is 3.75. The van der Waals surface area contributed by atoms with Crippen molar-refractivity contribution in [3.63, 3.8) is 0 Å². The van der Waals surface area contributed by atoms with Gasteiger partial charge in [0, 0.05) is 18.1 Å². The fourth-order valence-corrected chi connectivity index (χ4v) is 2.85. The summed E-state index contributed by atoms with van der Waals surface area (Å²) >= 11 is 1.65. The Bertz CT molecular complexity index is 622. The molecule has 0 spiro atoms. The number of fused-ring (bicyclic) bond motifs is 1. The largest absolute Gasteiger partial charge is 0.294 e. The average Bonchev–Trinajstić information content (AvgIpc) is 2.75. The van der Waals surface area contributed by atoms with Gasteiger partial charge in [0.25, 0.3) is 10.1 Å². The van der Waals surface area contributed by atoms with Crippen LogP contribution >= 0.6 is 11.8 Å². The number of nitrogens with zero attached hydrogens (tertiary/aromatic N) is 2. The number of thioether (sulfide) groups is 1. The lowest BCUT2D eigenvalue weighted by atomic mass is 10.5. The third-order valence-electron chi connectivity index (χ3n) is 2.23. The molecule has 0 aliphatic carbocycles. The van der Waals surface area contributed by atoms with Crippen LogP contribution in [0.3, 0.4) is 0 Å². The van der Waals surface area contributed by atoms with E-state index in [1.165, 1.54) is 0 Å². The maximum absolute atomic E-state index is 10.8. The SMILES string of the molecule is CS(=O)(=O)OCCCSc1cccc2nccn12. The molecule has 0 amide bonds. The first kappa shape index (κ1) is 13.4. The quantitative estimate of drug-likeness (QED) is 0.460.